The second-order valence-corrected chi connectivity index (χ2v) is 8.40. The molecule has 1 aliphatic rings. The number of likely N-dealkylation sites (tertiary alicyclic amines) is 1. The van der Waals surface area contributed by atoms with E-state index >= 15 is 0 Å². The molecular weight excluding hydrogens is 386 g/mol. The summed E-state index contributed by atoms with van der Waals surface area (Å²) in [5, 5.41) is 3.71. The van der Waals surface area contributed by atoms with Gasteiger partial charge in [0.25, 0.3) is 0 Å². The minimum absolute atomic E-state index is 0.251. The average molecular weight is 415 g/mol. The van der Waals surface area contributed by atoms with Crippen molar-refractivity contribution < 1.29 is 23.9 Å². The molecule has 0 bridgehead atoms. The van der Waals surface area contributed by atoms with Crippen molar-refractivity contribution >= 4 is 34.6 Å². The second-order valence-electron chi connectivity index (χ2n) is 8.40. The molecule has 3 rings (SSSR count). The van der Waals surface area contributed by atoms with Gasteiger partial charge >= 0.3 is 12.1 Å². The Morgan fingerprint density at radius 1 is 1.20 bits per heavy atom. The summed E-state index contributed by atoms with van der Waals surface area (Å²) in [6.45, 7) is 7.96. The molecule has 1 atom stereocenters. The molecule has 1 aromatic carbocycles. The van der Waals surface area contributed by atoms with Crippen LogP contribution in [0.25, 0.3) is 10.9 Å². The predicted octanol–water partition coefficient (Wildman–Crippen LogP) is 3.69. The van der Waals surface area contributed by atoms with Crippen molar-refractivity contribution in [2.45, 2.75) is 52.2 Å². The fourth-order valence-electron chi connectivity index (χ4n) is 3.63. The molecule has 2 amide bonds. The third-order valence-electron chi connectivity index (χ3n) is 4.98. The van der Waals surface area contributed by atoms with Crippen molar-refractivity contribution in [1.82, 2.24) is 9.47 Å². The van der Waals surface area contributed by atoms with Gasteiger partial charge in [0.1, 0.15) is 17.3 Å². The van der Waals surface area contributed by atoms with Crippen LogP contribution in [0.15, 0.2) is 24.3 Å². The van der Waals surface area contributed by atoms with Gasteiger partial charge in [0.2, 0.25) is 5.91 Å². The monoisotopic (exact) mass is 415 g/mol. The number of carbonyl (C=O) groups is 3. The van der Waals surface area contributed by atoms with Crippen molar-refractivity contribution in [2.24, 2.45) is 7.05 Å². The minimum atomic E-state index is -0.615. The Balaban J connectivity index is 1.76. The number of amides is 2. The van der Waals surface area contributed by atoms with Crippen LogP contribution in [0.5, 0.6) is 0 Å². The number of aryl methyl sites for hydroxylation is 1. The standard InChI is InChI=1S/C22H29N3O5/c1-6-29-20(27)18-13-14-12-15(9-10-16(14)24(18)5)23-19(26)17-8-7-11-25(17)21(28)30-22(2,3)4/h9-10,12-13,17H,6-8,11H2,1-5H3,(H,23,26). The van der Waals surface area contributed by atoms with Crippen molar-refractivity contribution in [3.63, 3.8) is 0 Å². The largest absolute Gasteiger partial charge is 0.461 e. The number of nitrogens with one attached hydrogen (secondary N) is 1. The maximum absolute atomic E-state index is 12.9. The van der Waals surface area contributed by atoms with E-state index in [1.165, 1.54) is 4.90 Å². The molecule has 2 heterocycles. The molecule has 0 aliphatic carbocycles. The van der Waals surface area contributed by atoms with Crippen LogP contribution in [0.1, 0.15) is 51.0 Å². The van der Waals surface area contributed by atoms with Gasteiger partial charge in [-0.2, -0.15) is 0 Å². The SMILES string of the molecule is CCOC(=O)c1cc2cc(NC(=O)C3CCCN3C(=O)OC(C)(C)C)ccc2n1C. The predicted molar refractivity (Wildman–Crippen MR) is 113 cm³/mol. The molecule has 1 unspecified atom stereocenters. The Labute approximate surface area is 176 Å². The van der Waals surface area contributed by atoms with Gasteiger partial charge in [0, 0.05) is 30.2 Å². The molecule has 1 aliphatic heterocycles. The number of rotatable bonds is 4. The van der Waals surface area contributed by atoms with Crippen LogP contribution in [0.4, 0.5) is 10.5 Å². The lowest BCUT2D eigenvalue weighted by atomic mass is 10.2. The van der Waals surface area contributed by atoms with E-state index < -0.39 is 17.7 Å². The number of esters is 1. The molecule has 0 radical (unpaired) electrons. The molecule has 162 valence electrons. The third-order valence-corrected chi connectivity index (χ3v) is 4.98. The zero-order valence-corrected chi connectivity index (χ0v) is 18.2. The molecule has 1 N–H and O–H groups in total. The number of benzene rings is 1. The van der Waals surface area contributed by atoms with Gasteiger partial charge in [0.05, 0.1) is 6.61 Å². The number of hydrogen-bond acceptors (Lipinski definition) is 5. The highest BCUT2D eigenvalue weighted by molar-refractivity contribution is 6.00. The van der Waals surface area contributed by atoms with Crippen molar-refractivity contribution in [1.29, 1.82) is 0 Å². The van der Waals surface area contributed by atoms with Gasteiger partial charge in [-0.3, -0.25) is 9.69 Å². The Morgan fingerprint density at radius 2 is 1.93 bits per heavy atom. The van der Waals surface area contributed by atoms with Gasteiger partial charge in [0.15, 0.2) is 0 Å². The highest BCUT2D eigenvalue weighted by Gasteiger charge is 2.36. The van der Waals surface area contributed by atoms with E-state index in [0.29, 0.717) is 31.0 Å². The number of nitrogens with zero attached hydrogens (tertiary/aromatic N) is 2. The third kappa shape index (κ3) is 4.58. The summed E-state index contributed by atoms with van der Waals surface area (Å²) < 4.78 is 12.3. The fraction of sp³-hybridized carbons (Fsp3) is 0.500. The molecule has 8 nitrogen and oxygen atoms in total. The maximum atomic E-state index is 12.9. The van der Waals surface area contributed by atoms with Crippen LogP contribution in [-0.2, 0) is 21.3 Å². The van der Waals surface area contributed by atoms with Gasteiger partial charge in [-0.15, -0.1) is 0 Å². The Hall–Kier alpha value is -3.03. The van der Waals surface area contributed by atoms with Crippen LogP contribution < -0.4 is 5.32 Å². The average Bonchev–Trinajstić information content (AvgIpc) is 3.26. The van der Waals surface area contributed by atoms with E-state index in [1.54, 1.807) is 51.4 Å². The summed E-state index contributed by atoms with van der Waals surface area (Å²) in [6.07, 6.45) is 0.863. The van der Waals surface area contributed by atoms with Crippen LogP contribution in [0.2, 0.25) is 0 Å². The number of ether oxygens (including phenoxy) is 2. The first-order chi connectivity index (χ1) is 14.1. The molecule has 30 heavy (non-hydrogen) atoms. The number of fused-ring (bicyclic) bond motifs is 1. The summed E-state index contributed by atoms with van der Waals surface area (Å²) in [5.74, 6) is -0.639. The van der Waals surface area contributed by atoms with Crippen LogP contribution in [0, 0.1) is 0 Å². The molecule has 1 saturated heterocycles. The summed E-state index contributed by atoms with van der Waals surface area (Å²) in [7, 11) is 1.80. The van der Waals surface area contributed by atoms with Crippen LogP contribution in [-0.4, -0.2) is 52.2 Å². The van der Waals surface area contributed by atoms with Crippen LogP contribution in [0.3, 0.4) is 0 Å². The molecule has 1 fully saturated rings. The quantitative estimate of drug-likeness (QED) is 0.769. The summed E-state index contributed by atoms with van der Waals surface area (Å²) in [4.78, 5) is 38.9. The lowest BCUT2D eigenvalue weighted by molar-refractivity contribution is -0.120. The van der Waals surface area contributed by atoms with Crippen molar-refractivity contribution in [2.75, 3.05) is 18.5 Å². The Bertz CT molecular complexity index is 973. The minimum Gasteiger partial charge on any atom is -0.461 e. The van der Waals surface area contributed by atoms with Crippen molar-refractivity contribution in [3.05, 3.63) is 30.0 Å². The van der Waals surface area contributed by atoms with E-state index in [9.17, 15) is 14.4 Å². The van der Waals surface area contributed by atoms with E-state index in [1.807, 2.05) is 12.1 Å². The van der Waals surface area contributed by atoms with Gasteiger partial charge < -0.3 is 19.4 Å². The van der Waals surface area contributed by atoms with E-state index in [-0.39, 0.29) is 11.9 Å². The van der Waals surface area contributed by atoms with Crippen molar-refractivity contribution in [3.8, 4) is 0 Å². The highest BCUT2D eigenvalue weighted by atomic mass is 16.6. The van der Waals surface area contributed by atoms with Gasteiger partial charge in [-0.05, 0) is 64.8 Å². The van der Waals surface area contributed by atoms with Gasteiger partial charge in [-0.1, -0.05) is 0 Å². The molecule has 0 spiro atoms. The molecule has 2 aromatic rings. The number of hydrogen-bond donors (Lipinski definition) is 1. The Kier molecular flexibility index (Phi) is 6.05. The first kappa shape index (κ1) is 21.7. The lowest BCUT2D eigenvalue weighted by Gasteiger charge is -2.28. The smallest absolute Gasteiger partial charge is 0.410 e. The summed E-state index contributed by atoms with van der Waals surface area (Å²) in [5.41, 5.74) is 1.29. The zero-order valence-electron chi connectivity index (χ0n) is 18.2. The zero-order chi connectivity index (χ0) is 22.1. The first-order valence-corrected chi connectivity index (χ1v) is 10.2. The van der Waals surface area contributed by atoms with E-state index in [4.69, 9.17) is 9.47 Å². The molecule has 0 saturated carbocycles. The number of carbonyl (C=O) groups excluding carboxylic acids is 3. The van der Waals surface area contributed by atoms with Gasteiger partial charge in [-0.25, -0.2) is 9.59 Å². The fourth-order valence-corrected chi connectivity index (χ4v) is 3.63. The van der Waals surface area contributed by atoms with Crippen LogP contribution >= 0.6 is 0 Å². The topological polar surface area (TPSA) is 89.9 Å². The highest BCUT2D eigenvalue weighted by Crippen LogP contribution is 2.25. The summed E-state index contributed by atoms with van der Waals surface area (Å²) in [6, 6.07) is 6.60. The molecule has 8 heteroatoms. The maximum Gasteiger partial charge on any atom is 0.410 e. The Morgan fingerprint density at radius 3 is 2.60 bits per heavy atom. The first-order valence-electron chi connectivity index (χ1n) is 10.2. The number of anilines is 1. The second kappa shape index (κ2) is 8.38. The normalized spacial score (nSPS) is 16.6. The van der Waals surface area contributed by atoms with E-state index in [0.717, 1.165) is 17.3 Å². The lowest BCUT2D eigenvalue weighted by Crippen LogP contribution is -2.45. The molecular formula is C22H29N3O5. The van der Waals surface area contributed by atoms with E-state index in [2.05, 4.69) is 5.32 Å². The number of aromatic nitrogens is 1. The molecule has 1 aromatic heterocycles. The summed E-state index contributed by atoms with van der Waals surface area (Å²) >= 11 is 0.